The number of esters is 1. The summed E-state index contributed by atoms with van der Waals surface area (Å²) in [5, 5.41) is 0. The van der Waals surface area contributed by atoms with Gasteiger partial charge in [0, 0.05) is 18.8 Å². The Balaban J connectivity index is 1.40. The first-order valence-corrected chi connectivity index (χ1v) is 12.5. The normalized spacial score (nSPS) is 38.7. The molecule has 4 aliphatic rings. The third-order valence-corrected chi connectivity index (χ3v) is 9.49. The van der Waals surface area contributed by atoms with E-state index in [2.05, 4.69) is 26.0 Å². The number of carbonyl (C=O) groups excluding carboxylic acids is 2. The van der Waals surface area contributed by atoms with Crippen molar-refractivity contribution in [2.75, 3.05) is 7.11 Å². The first-order valence-electron chi connectivity index (χ1n) is 12.5. The van der Waals surface area contributed by atoms with Crippen LogP contribution in [-0.4, -0.2) is 25.0 Å². The Morgan fingerprint density at radius 1 is 1.03 bits per heavy atom. The second kappa shape index (κ2) is 8.14. The number of carbonyl (C=O) groups is 2. The van der Waals surface area contributed by atoms with Crippen molar-refractivity contribution in [3.8, 4) is 5.75 Å². The van der Waals surface area contributed by atoms with Gasteiger partial charge in [0.05, 0.1) is 7.11 Å². The summed E-state index contributed by atoms with van der Waals surface area (Å²) in [5.41, 5.74) is 3.48. The highest BCUT2D eigenvalue weighted by atomic mass is 16.5. The van der Waals surface area contributed by atoms with E-state index in [-0.39, 0.29) is 22.9 Å². The molecule has 0 spiro atoms. The number of hydrogen-bond acceptors (Lipinski definition) is 4. The fraction of sp³-hybridized carbons (Fsp3) is 0.586. The predicted molar refractivity (Wildman–Crippen MR) is 129 cm³/mol. The molecule has 0 aliphatic heterocycles. The minimum absolute atomic E-state index is 0.0272. The van der Waals surface area contributed by atoms with Crippen LogP contribution in [0.5, 0.6) is 5.75 Å². The fourth-order valence-corrected chi connectivity index (χ4v) is 7.66. The van der Waals surface area contributed by atoms with Gasteiger partial charge in [-0.3, -0.25) is 9.59 Å². The molecular weight excluding hydrogens is 412 g/mol. The van der Waals surface area contributed by atoms with Crippen LogP contribution in [-0.2, 0) is 14.3 Å². The molecule has 3 saturated carbocycles. The molecule has 0 radical (unpaired) electrons. The number of methoxy groups -OCH3 is 1. The van der Waals surface area contributed by atoms with Gasteiger partial charge in [-0.1, -0.05) is 37.6 Å². The van der Waals surface area contributed by atoms with Gasteiger partial charge in [-0.2, -0.15) is 0 Å². The Morgan fingerprint density at radius 2 is 1.76 bits per heavy atom. The highest BCUT2D eigenvalue weighted by Gasteiger charge is 2.60. The lowest BCUT2D eigenvalue weighted by Crippen LogP contribution is -2.50. The topological polar surface area (TPSA) is 52.6 Å². The van der Waals surface area contributed by atoms with Crippen molar-refractivity contribution in [1.82, 2.24) is 0 Å². The second-order valence-corrected chi connectivity index (χ2v) is 11.2. The summed E-state index contributed by atoms with van der Waals surface area (Å²) < 4.78 is 10.8. The van der Waals surface area contributed by atoms with E-state index < -0.39 is 0 Å². The average molecular weight is 449 g/mol. The number of hydrogen-bond donors (Lipinski definition) is 0. The van der Waals surface area contributed by atoms with Gasteiger partial charge in [0.15, 0.2) is 5.78 Å². The van der Waals surface area contributed by atoms with Gasteiger partial charge < -0.3 is 9.47 Å². The van der Waals surface area contributed by atoms with Crippen LogP contribution in [0.15, 0.2) is 41.5 Å². The number of Topliss-reactive ketones (excluding diaryl/α,β-unsaturated/α-hetero) is 1. The Kier molecular flexibility index (Phi) is 5.54. The SMILES string of the molecule is COc1ccc(/C=C2/CC3C4CC=C5CC(OC(C)=O)CCC5(C)C4CCC3(C)C2=O)cc1. The molecule has 4 aliphatic carbocycles. The van der Waals surface area contributed by atoms with Gasteiger partial charge in [-0.15, -0.1) is 0 Å². The zero-order chi connectivity index (χ0) is 23.4. The maximum atomic E-state index is 13.6. The van der Waals surface area contributed by atoms with Gasteiger partial charge in [0.2, 0.25) is 0 Å². The summed E-state index contributed by atoms with van der Waals surface area (Å²) in [6.07, 6.45) is 11.5. The zero-order valence-electron chi connectivity index (χ0n) is 20.4. The molecule has 0 aromatic heterocycles. The molecule has 0 bridgehead atoms. The smallest absolute Gasteiger partial charge is 0.302 e. The molecule has 0 N–H and O–H groups in total. The van der Waals surface area contributed by atoms with E-state index in [9.17, 15) is 9.59 Å². The molecule has 33 heavy (non-hydrogen) atoms. The molecule has 1 aromatic carbocycles. The summed E-state index contributed by atoms with van der Waals surface area (Å²) in [4.78, 5) is 25.1. The number of rotatable bonds is 3. The molecule has 6 unspecified atom stereocenters. The second-order valence-electron chi connectivity index (χ2n) is 11.2. The van der Waals surface area contributed by atoms with Crippen molar-refractivity contribution in [2.24, 2.45) is 28.6 Å². The number of ketones is 1. The lowest BCUT2D eigenvalue weighted by Gasteiger charge is -2.56. The van der Waals surface area contributed by atoms with Crippen LogP contribution < -0.4 is 4.74 Å². The van der Waals surface area contributed by atoms with Crippen LogP contribution in [0.4, 0.5) is 0 Å². The molecule has 1 aromatic rings. The standard InChI is InChI=1S/C29H36O4/c1-18(30)33-23-11-13-28(2)21(17-23)7-10-24-25(28)12-14-29(3)26(24)16-20(27(29)31)15-19-5-8-22(32-4)9-6-19/h5-9,15,23-26H,10-14,16-17H2,1-4H3/b20-15-. The number of allylic oxidation sites excluding steroid dienone is 2. The minimum Gasteiger partial charge on any atom is -0.497 e. The number of ether oxygens (including phenoxy) is 2. The highest BCUT2D eigenvalue weighted by Crippen LogP contribution is 2.64. The summed E-state index contributed by atoms with van der Waals surface area (Å²) in [6, 6.07) is 7.98. The van der Waals surface area contributed by atoms with Gasteiger partial charge in [0.25, 0.3) is 0 Å². The van der Waals surface area contributed by atoms with Crippen molar-refractivity contribution in [1.29, 1.82) is 0 Å². The van der Waals surface area contributed by atoms with Crippen LogP contribution in [0.3, 0.4) is 0 Å². The highest BCUT2D eigenvalue weighted by molar-refractivity contribution is 6.06. The maximum Gasteiger partial charge on any atom is 0.302 e. The number of benzene rings is 1. The fourth-order valence-electron chi connectivity index (χ4n) is 7.66. The molecule has 5 rings (SSSR count). The molecular formula is C29H36O4. The van der Waals surface area contributed by atoms with Gasteiger partial charge >= 0.3 is 5.97 Å². The van der Waals surface area contributed by atoms with Crippen molar-refractivity contribution in [2.45, 2.75) is 71.8 Å². The molecule has 6 atom stereocenters. The third-order valence-electron chi connectivity index (χ3n) is 9.49. The van der Waals surface area contributed by atoms with Gasteiger partial charge in [0.1, 0.15) is 11.9 Å². The van der Waals surface area contributed by atoms with E-state index in [1.807, 2.05) is 24.3 Å². The van der Waals surface area contributed by atoms with Crippen LogP contribution in [0.25, 0.3) is 6.08 Å². The van der Waals surface area contributed by atoms with Crippen molar-refractivity contribution in [3.63, 3.8) is 0 Å². The monoisotopic (exact) mass is 448 g/mol. The van der Waals surface area contributed by atoms with Crippen molar-refractivity contribution in [3.05, 3.63) is 47.1 Å². The van der Waals surface area contributed by atoms with E-state index in [4.69, 9.17) is 9.47 Å². The first-order chi connectivity index (χ1) is 15.7. The van der Waals surface area contributed by atoms with Crippen LogP contribution in [0.2, 0.25) is 0 Å². The van der Waals surface area contributed by atoms with E-state index in [1.165, 1.54) is 12.5 Å². The molecule has 176 valence electrons. The summed E-state index contributed by atoms with van der Waals surface area (Å²) in [6.45, 7) is 6.17. The first kappa shape index (κ1) is 22.4. The Morgan fingerprint density at radius 3 is 2.45 bits per heavy atom. The Hall–Kier alpha value is -2.36. The summed E-state index contributed by atoms with van der Waals surface area (Å²) in [5.74, 6) is 2.59. The molecule has 3 fully saturated rings. The van der Waals surface area contributed by atoms with Crippen molar-refractivity contribution < 1.29 is 19.1 Å². The Labute approximate surface area is 197 Å². The van der Waals surface area contributed by atoms with E-state index in [0.29, 0.717) is 23.5 Å². The van der Waals surface area contributed by atoms with Crippen molar-refractivity contribution >= 4 is 17.8 Å². The van der Waals surface area contributed by atoms with Crippen LogP contribution in [0, 0.1) is 28.6 Å². The molecule has 4 heteroatoms. The van der Waals surface area contributed by atoms with Crippen LogP contribution >= 0.6 is 0 Å². The van der Waals surface area contributed by atoms with E-state index >= 15 is 0 Å². The molecule has 0 heterocycles. The maximum absolute atomic E-state index is 13.6. The van der Waals surface area contributed by atoms with E-state index in [0.717, 1.165) is 61.8 Å². The summed E-state index contributed by atoms with van der Waals surface area (Å²) >= 11 is 0. The lowest BCUT2D eigenvalue weighted by molar-refractivity contribution is -0.148. The zero-order valence-corrected chi connectivity index (χ0v) is 20.4. The Bertz CT molecular complexity index is 1020. The summed E-state index contributed by atoms with van der Waals surface area (Å²) in [7, 11) is 1.67. The molecule has 0 saturated heterocycles. The molecule has 4 nitrogen and oxygen atoms in total. The van der Waals surface area contributed by atoms with Gasteiger partial charge in [-0.25, -0.2) is 0 Å². The minimum atomic E-state index is -0.240. The molecule has 0 amide bonds. The van der Waals surface area contributed by atoms with E-state index in [1.54, 1.807) is 7.11 Å². The number of fused-ring (bicyclic) bond motifs is 5. The van der Waals surface area contributed by atoms with Gasteiger partial charge in [-0.05, 0) is 91.0 Å². The quantitative estimate of drug-likeness (QED) is 0.316. The average Bonchev–Trinajstić information content (AvgIpc) is 3.04. The predicted octanol–water partition coefficient (Wildman–Crippen LogP) is 6.15. The largest absolute Gasteiger partial charge is 0.497 e. The lowest BCUT2D eigenvalue weighted by atomic mass is 9.48. The third kappa shape index (κ3) is 3.66. The van der Waals surface area contributed by atoms with Crippen LogP contribution in [0.1, 0.15) is 71.3 Å².